The van der Waals surface area contributed by atoms with Crippen molar-refractivity contribution in [3.8, 4) is 5.88 Å². The molecule has 1 spiro atoms. The average Bonchev–Trinajstić information content (AvgIpc) is 3.41. The zero-order valence-corrected chi connectivity index (χ0v) is 21.4. The van der Waals surface area contributed by atoms with Gasteiger partial charge in [0.15, 0.2) is 0 Å². The van der Waals surface area contributed by atoms with Crippen molar-refractivity contribution in [1.29, 1.82) is 0 Å². The minimum atomic E-state index is -5.08. The van der Waals surface area contributed by atoms with Gasteiger partial charge in [-0.05, 0) is 24.6 Å². The van der Waals surface area contributed by atoms with Gasteiger partial charge in [-0.1, -0.05) is 36.4 Å². The van der Waals surface area contributed by atoms with Gasteiger partial charge in [-0.2, -0.15) is 26.3 Å². The van der Waals surface area contributed by atoms with E-state index in [1.807, 2.05) is 30.1 Å². The standard InChI is InChI=1S/C21H25N3O2.2C2HF3O2/c1-23-14-18(16-7-4-3-5-8-16)21(20(23)25)10-12-24(15-21)13-17-9-6-11-22-19(17)26-2;2*3-2(4,5)1(6)7/h3-9,11,18H,10,12-15H2,1-2H3;2*(H,6,7). The normalized spacial score (nSPS) is 20.9. The van der Waals surface area contributed by atoms with Crippen molar-refractivity contribution in [2.45, 2.75) is 31.2 Å². The fourth-order valence-corrected chi connectivity index (χ4v) is 4.65. The number of carboxylic acids is 2. The van der Waals surface area contributed by atoms with Crippen molar-refractivity contribution in [2.24, 2.45) is 5.41 Å². The van der Waals surface area contributed by atoms with Crippen LogP contribution in [0.2, 0.25) is 0 Å². The maximum atomic E-state index is 13.1. The summed E-state index contributed by atoms with van der Waals surface area (Å²) in [6.07, 6.45) is -7.52. The molecular weight excluding hydrogens is 552 g/mol. The van der Waals surface area contributed by atoms with Crippen molar-refractivity contribution >= 4 is 17.8 Å². The van der Waals surface area contributed by atoms with Crippen molar-refractivity contribution in [3.05, 3.63) is 59.8 Å². The minimum Gasteiger partial charge on any atom is -0.481 e. The van der Waals surface area contributed by atoms with E-state index >= 15 is 0 Å². The first kappa shape index (κ1) is 32.3. The Morgan fingerprint density at radius 3 is 2.08 bits per heavy atom. The minimum absolute atomic E-state index is 0.252. The van der Waals surface area contributed by atoms with Crippen LogP contribution in [0, 0.1) is 5.41 Å². The molecule has 220 valence electrons. The van der Waals surface area contributed by atoms with Crippen molar-refractivity contribution < 1.29 is 55.7 Å². The van der Waals surface area contributed by atoms with Gasteiger partial charge in [0, 0.05) is 44.4 Å². The molecule has 2 fully saturated rings. The van der Waals surface area contributed by atoms with Crippen LogP contribution in [0.4, 0.5) is 26.3 Å². The molecule has 15 heteroatoms. The van der Waals surface area contributed by atoms with E-state index in [0.29, 0.717) is 5.88 Å². The van der Waals surface area contributed by atoms with Gasteiger partial charge < -0.3 is 19.8 Å². The Labute approximate surface area is 225 Å². The number of nitrogens with zero attached hydrogens (tertiary/aromatic N) is 3. The highest BCUT2D eigenvalue weighted by Gasteiger charge is 2.56. The molecule has 0 saturated carbocycles. The van der Waals surface area contributed by atoms with Gasteiger partial charge >= 0.3 is 24.3 Å². The van der Waals surface area contributed by atoms with E-state index in [9.17, 15) is 31.1 Å². The van der Waals surface area contributed by atoms with Crippen molar-refractivity contribution in [3.63, 3.8) is 0 Å². The third kappa shape index (κ3) is 8.07. The maximum absolute atomic E-state index is 13.1. The highest BCUT2D eigenvalue weighted by molar-refractivity contribution is 5.87. The highest BCUT2D eigenvalue weighted by Crippen LogP contribution is 2.49. The number of rotatable bonds is 4. The summed E-state index contributed by atoms with van der Waals surface area (Å²) in [7, 11) is 3.58. The number of pyridine rings is 1. The Morgan fingerprint density at radius 1 is 1.02 bits per heavy atom. The SMILES string of the molecule is COc1ncccc1CN1CCC2(C1)C(=O)N(C)CC2c1ccccc1.O=C(O)C(F)(F)F.O=C(O)C(F)(F)F. The smallest absolute Gasteiger partial charge is 0.481 e. The molecule has 1 aromatic carbocycles. The van der Waals surface area contributed by atoms with E-state index in [2.05, 4.69) is 34.1 Å². The molecule has 2 unspecified atom stereocenters. The second-order valence-corrected chi connectivity index (χ2v) is 9.04. The van der Waals surface area contributed by atoms with Crippen LogP contribution in [0.15, 0.2) is 48.7 Å². The van der Waals surface area contributed by atoms with Crippen LogP contribution in [0.5, 0.6) is 5.88 Å². The number of aromatic nitrogens is 1. The molecule has 0 bridgehead atoms. The number of likely N-dealkylation sites (tertiary alicyclic amines) is 2. The van der Waals surface area contributed by atoms with E-state index < -0.39 is 24.3 Å². The number of aliphatic carboxylic acids is 2. The van der Waals surface area contributed by atoms with E-state index in [1.165, 1.54) is 5.56 Å². The number of alkyl halides is 6. The Bertz CT molecular complexity index is 1150. The van der Waals surface area contributed by atoms with Crippen molar-refractivity contribution in [1.82, 2.24) is 14.8 Å². The molecule has 2 N–H and O–H groups in total. The lowest BCUT2D eigenvalue weighted by Crippen LogP contribution is -2.37. The summed E-state index contributed by atoms with van der Waals surface area (Å²) in [5.41, 5.74) is 2.03. The molecule has 40 heavy (non-hydrogen) atoms. The summed E-state index contributed by atoms with van der Waals surface area (Å²) >= 11 is 0. The van der Waals surface area contributed by atoms with E-state index in [0.717, 1.165) is 38.2 Å². The lowest BCUT2D eigenvalue weighted by Gasteiger charge is -2.29. The number of carbonyl (C=O) groups excluding carboxylic acids is 1. The van der Waals surface area contributed by atoms with Gasteiger partial charge in [0.1, 0.15) is 0 Å². The number of likely N-dealkylation sites (N-methyl/N-ethyl adjacent to an activating group) is 1. The van der Waals surface area contributed by atoms with Gasteiger partial charge in [-0.15, -0.1) is 0 Å². The van der Waals surface area contributed by atoms with Crippen LogP contribution >= 0.6 is 0 Å². The van der Waals surface area contributed by atoms with Crippen LogP contribution in [0.25, 0.3) is 0 Å². The molecule has 1 amide bonds. The predicted molar refractivity (Wildman–Crippen MR) is 127 cm³/mol. The lowest BCUT2D eigenvalue weighted by molar-refractivity contribution is -0.193. The first-order valence-corrected chi connectivity index (χ1v) is 11.6. The first-order chi connectivity index (χ1) is 18.5. The summed E-state index contributed by atoms with van der Waals surface area (Å²) in [6.45, 7) is 3.26. The van der Waals surface area contributed by atoms with Gasteiger partial charge in [0.2, 0.25) is 11.8 Å². The number of hydrogen-bond donors (Lipinski definition) is 2. The van der Waals surface area contributed by atoms with Crippen LogP contribution in [0.3, 0.4) is 0 Å². The molecule has 2 aliphatic heterocycles. The maximum Gasteiger partial charge on any atom is 0.490 e. The number of carbonyl (C=O) groups is 3. The van der Waals surface area contributed by atoms with E-state index in [1.54, 1.807) is 13.3 Å². The molecule has 9 nitrogen and oxygen atoms in total. The van der Waals surface area contributed by atoms with Gasteiger partial charge in [0.25, 0.3) is 0 Å². The number of benzene rings is 1. The van der Waals surface area contributed by atoms with Gasteiger partial charge in [-0.3, -0.25) is 9.69 Å². The van der Waals surface area contributed by atoms with Crippen molar-refractivity contribution in [2.75, 3.05) is 33.8 Å². The second kappa shape index (κ2) is 13.0. The highest BCUT2D eigenvalue weighted by atomic mass is 19.4. The predicted octanol–water partition coefficient (Wildman–Crippen LogP) is 3.80. The Hall–Kier alpha value is -3.88. The largest absolute Gasteiger partial charge is 0.490 e. The average molecular weight is 579 g/mol. The molecule has 2 aliphatic rings. The molecular formula is C25H27F6N3O6. The lowest BCUT2D eigenvalue weighted by atomic mass is 9.73. The molecule has 2 saturated heterocycles. The van der Waals surface area contributed by atoms with Crippen LogP contribution in [0.1, 0.15) is 23.5 Å². The molecule has 0 radical (unpaired) electrons. The van der Waals surface area contributed by atoms with Crippen LogP contribution in [-0.4, -0.2) is 89.0 Å². The van der Waals surface area contributed by atoms with E-state index in [-0.39, 0.29) is 17.2 Å². The molecule has 2 aromatic rings. The number of amides is 1. The van der Waals surface area contributed by atoms with Crippen LogP contribution in [-0.2, 0) is 20.9 Å². The fraction of sp³-hybridized carbons (Fsp3) is 0.440. The second-order valence-electron chi connectivity index (χ2n) is 9.04. The fourth-order valence-electron chi connectivity index (χ4n) is 4.65. The summed E-state index contributed by atoms with van der Waals surface area (Å²) in [5.74, 6) is -4.31. The van der Waals surface area contributed by atoms with E-state index in [4.69, 9.17) is 24.5 Å². The topological polar surface area (TPSA) is 120 Å². The number of hydrogen-bond acceptors (Lipinski definition) is 6. The summed E-state index contributed by atoms with van der Waals surface area (Å²) in [5, 5.41) is 14.2. The number of methoxy groups -OCH3 is 1. The zero-order chi connectivity index (χ0) is 30.3. The molecule has 3 heterocycles. The molecule has 2 atom stereocenters. The number of carboxylic acid groups (broad SMARTS) is 2. The Kier molecular flexibility index (Phi) is 10.5. The number of halogens is 6. The monoisotopic (exact) mass is 579 g/mol. The van der Waals surface area contributed by atoms with Gasteiger partial charge in [0.05, 0.1) is 12.5 Å². The number of ether oxygens (including phenoxy) is 1. The van der Waals surface area contributed by atoms with Gasteiger partial charge in [-0.25, -0.2) is 14.6 Å². The Morgan fingerprint density at radius 2 is 1.57 bits per heavy atom. The molecule has 4 rings (SSSR count). The quantitative estimate of drug-likeness (QED) is 0.525. The first-order valence-electron chi connectivity index (χ1n) is 11.6. The summed E-state index contributed by atoms with van der Waals surface area (Å²) in [6, 6.07) is 14.5. The third-order valence-corrected chi connectivity index (χ3v) is 6.40. The third-order valence-electron chi connectivity index (χ3n) is 6.40. The summed E-state index contributed by atoms with van der Waals surface area (Å²) < 4.78 is 68.9. The molecule has 1 aromatic heterocycles. The van der Waals surface area contributed by atoms with Crippen LogP contribution < -0.4 is 4.74 Å². The zero-order valence-electron chi connectivity index (χ0n) is 21.4. The Balaban J connectivity index is 0.000000333. The molecule has 0 aliphatic carbocycles. The summed E-state index contributed by atoms with van der Waals surface area (Å²) in [4.78, 5) is 39.5.